The summed E-state index contributed by atoms with van der Waals surface area (Å²) in [4.78, 5) is 4.02. The van der Waals surface area contributed by atoms with E-state index in [1.807, 2.05) is 13.0 Å². The lowest BCUT2D eigenvalue weighted by Gasteiger charge is -1.95. The minimum Gasteiger partial charge on any atom is -0.461 e. The van der Waals surface area contributed by atoms with Crippen LogP contribution < -0.4 is 5.73 Å². The number of oxazole rings is 1. The van der Waals surface area contributed by atoms with Gasteiger partial charge in [-0.3, -0.25) is 0 Å². The summed E-state index contributed by atoms with van der Waals surface area (Å²) in [6.45, 7) is 1.82. The predicted molar refractivity (Wildman–Crippen MR) is 46.8 cm³/mol. The van der Waals surface area contributed by atoms with Gasteiger partial charge in [-0.2, -0.15) is 0 Å². The van der Waals surface area contributed by atoms with Gasteiger partial charge in [-0.1, -0.05) is 0 Å². The highest BCUT2D eigenvalue weighted by Crippen LogP contribution is 2.22. The molecular formula is C9H10N2O2. The molecule has 0 aliphatic rings. The van der Waals surface area contributed by atoms with Crippen LogP contribution in [0.15, 0.2) is 33.4 Å². The monoisotopic (exact) mass is 178 g/mol. The molecule has 2 aromatic heterocycles. The first-order valence-corrected chi connectivity index (χ1v) is 4.02. The van der Waals surface area contributed by atoms with Gasteiger partial charge in [-0.05, 0) is 19.1 Å². The molecule has 4 heteroatoms. The Morgan fingerprint density at radius 1 is 1.46 bits per heavy atom. The van der Waals surface area contributed by atoms with Gasteiger partial charge in [0.1, 0.15) is 0 Å². The van der Waals surface area contributed by atoms with Crippen LogP contribution in [-0.4, -0.2) is 4.98 Å². The molecule has 0 fully saturated rings. The molecule has 0 amide bonds. The molecule has 2 heterocycles. The molecule has 1 unspecified atom stereocenters. The van der Waals surface area contributed by atoms with E-state index in [0.717, 1.165) is 0 Å². The third kappa shape index (κ3) is 1.48. The largest absolute Gasteiger partial charge is 0.461 e. The Kier molecular flexibility index (Phi) is 1.90. The van der Waals surface area contributed by atoms with E-state index in [0.29, 0.717) is 17.4 Å². The molecule has 0 saturated carbocycles. The zero-order valence-electron chi connectivity index (χ0n) is 7.23. The molecule has 0 saturated heterocycles. The van der Waals surface area contributed by atoms with Gasteiger partial charge in [0.15, 0.2) is 11.5 Å². The molecule has 2 N–H and O–H groups in total. The second-order valence-electron chi connectivity index (χ2n) is 2.83. The summed E-state index contributed by atoms with van der Waals surface area (Å²) in [5, 5.41) is 0. The van der Waals surface area contributed by atoms with Crippen molar-refractivity contribution in [3.05, 3.63) is 30.5 Å². The van der Waals surface area contributed by atoms with E-state index in [1.54, 1.807) is 18.5 Å². The molecule has 0 aliphatic heterocycles. The zero-order valence-corrected chi connectivity index (χ0v) is 7.23. The third-order valence-corrected chi connectivity index (χ3v) is 1.68. The SMILES string of the molecule is CC(N)c1ncc(-c2ccco2)o1. The maximum Gasteiger partial charge on any atom is 0.211 e. The fraction of sp³-hybridized carbons (Fsp3) is 0.222. The van der Waals surface area contributed by atoms with Crippen molar-refractivity contribution in [2.24, 2.45) is 5.73 Å². The van der Waals surface area contributed by atoms with Crippen LogP contribution in [0.25, 0.3) is 11.5 Å². The first kappa shape index (κ1) is 8.07. The van der Waals surface area contributed by atoms with Gasteiger partial charge in [0.25, 0.3) is 0 Å². The predicted octanol–water partition coefficient (Wildman–Crippen LogP) is 1.95. The topological polar surface area (TPSA) is 65.2 Å². The number of aromatic nitrogens is 1. The highest BCUT2D eigenvalue weighted by Gasteiger charge is 2.10. The number of hydrogen-bond acceptors (Lipinski definition) is 4. The molecule has 2 aromatic rings. The van der Waals surface area contributed by atoms with Crippen molar-refractivity contribution in [2.45, 2.75) is 13.0 Å². The van der Waals surface area contributed by atoms with Crippen molar-refractivity contribution in [3.63, 3.8) is 0 Å². The second kappa shape index (κ2) is 3.06. The van der Waals surface area contributed by atoms with E-state index in [1.165, 1.54) is 0 Å². The number of rotatable bonds is 2. The maximum atomic E-state index is 5.59. The van der Waals surface area contributed by atoms with Gasteiger partial charge < -0.3 is 14.6 Å². The molecule has 4 nitrogen and oxygen atoms in total. The molecule has 0 radical (unpaired) electrons. The highest BCUT2D eigenvalue weighted by atomic mass is 16.4. The summed E-state index contributed by atoms with van der Waals surface area (Å²) < 4.78 is 10.5. The Balaban J connectivity index is 2.33. The lowest BCUT2D eigenvalue weighted by Crippen LogP contribution is -2.04. The van der Waals surface area contributed by atoms with Crippen molar-refractivity contribution in [1.82, 2.24) is 4.98 Å². The van der Waals surface area contributed by atoms with Crippen molar-refractivity contribution in [1.29, 1.82) is 0 Å². The van der Waals surface area contributed by atoms with Gasteiger partial charge in [-0.15, -0.1) is 0 Å². The minimum atomic E-state index is -0.191. The van der Waals surface area contributed by atoms with E-state index in [2.05, 4.69) is 4.98 Å². The summed E-state index contributed by atoms with van der Waals surface area (Å²) in [6.07, 6.45) is 3.20. The summed E-state index contributed by atoms with van der Waals surface area (Å²) in [5.41, 5.74) is 5.59. The number of furan rings is 1. The van der Waals surface area contributed by atoms with Crippen LogP contribution in [0.2, 0.25) is 0 Å². The van der Waals surface area contributed by atoms with Crippen molar-refractivity contribution in [2.75, 3.05) is 0 Å². The minimum absolute atomic E-state index is 0.191. The normalized spacial score (nSPS) is 13.1. The number of nitrogens with two attached hydrogens (primary N) is 1. The first-order chi connectivity index (χ1) is 6.27. The zero-order chi connectivity index (χ0) is 9.26. The van der Waals surface area contributed by atoms with Crippen LogP contribution in [0.4, 0.5) is 0 Å². The van der Waals surface area contributed by atoms with Crippen LogP contribution in [0.1, 0.15) is 18.9 Å². The van der Waals surface area contributed by atoms with E-state index in [4.69, 9.17) is 14.6 Å². The van der Waals surface area contributed by atoms with Crippen molar-refractivity contribution in [3.8, 4) is 11.5 Å². The fourth-order valence-electron chi connectivity index (χ4n) is 1.03. The van der Waals surface area contributed by atoms with Crippen molar-refractivity contribution >= 4 is 0 Å². The van der Waals surface area contributed by atoms with Gasteiger partial charge in [0.2, 0.25) is 5.89 Å². The number of hydrogen-bond donors (Lipinski definition) is 1. The molecule has 0 spiro atoms. The molecule has 0 aromatic carbocycles. The van der Waals surface area contributed by atoms with E-state index >= 15 is 0 Å². The fourth-order valence-corrected chi connectivity index (χ4v) is 1.03. The highest BCUT2D eigenvalue weighted by molar-refractivity contribution is 5.47. The molecule has 0 aliphatic carbocycles. The van der Waals surface area contributed by atoms with Crippen LogP contribution in [0.3, 0.4) is 0 Å². The Morgan fingerprint density at radius 2 is 2.31 bits per heavy atom. The summed E-state index contributed by atoms with van der Waals surface area (Å²) >= 11 is 0. The van der Waals surface area contributed by atoms with Crippen molar-refractivity contribution < 1.29 is 8.83 Å². The Bertz CT molecular complexity index is 376. The maximum absolute atomic E-state index is 5.59. The number of nitrogens with zero attached hydrogens (tertiary/aromatic N) is 1. The lowest BCUT2D eigenvalue weighted by atomic mass is 10.4. The van der Waals surface area contributed by atoms with Gasteiger partial charge in [0, 0.05) is 0 Å². The van der Waals surface area contributed by atoms with E-state index in [9.17, 15) is 0 Å². The van der Waals surface area contributed by atoms with Crippen LogP contribution in [-0.2, 0) is 0 Å². The molecule has 13 heavy (non-hydrogen) atoms. The third-order valence-electron chi connectivity index (χ3n) is 1.68. The average Bonchev–Trinajstić information content (AvgIpc) is 2.75. The molecule has 2 rings (SSSR count). The molecule has 1 atom stereocenters. The Labute approximate surface area is 75.4 Å². The molecular weight excluding hydrogens is 168 g/mol. The standard InChI is InChI=1S/C9H10N2O2/c1-6(10)9-11-5-8(13-9)7-3-2-4-12-7/h2-6H,10H2,1H3. The summed E-state index contributed by atoms with van der Waals surface area (Å²) in [7, 11) is 0. The smallest absolute Gasteiger partial charge is 0.211 e. The van der Waals surface area contributed by atoms with Gasteiger partial charge in [0.05, 0.1) is 18.5 Å². The van der Waals surface area contributed by atoms with E-state index in [-0.39, 0.29) is 6.04 Å². The molecule has 68 valence electrons. The Morgan fingerprint density at radius 3 is 2.85 bits per heavy atom. The lowest BCUT2D eigenvalue weighted by molar-refractivity contribution is 0.457. The first-order valence-electron chi connectivity index (χ1n) is 4.02. The van der Waals surface area contributed by atoms with E-state index < -0.39 is 0 Å². The summed E-state index contributed by atoms with van der Waals surface area (Å²) in [5.74, 6) is 1.79. The van der Waals surface area contributed by atoms with Crippen LogP contribution >= 0.6 is 0 Å². The average molecular weight is 178 g/mol. The quantitative estimate of drug-likeness (QED) is 0.763. The van der Waals surface area contributed by atoms with Crippen LogP contribution in [0, 0.1) is 0 Å². The van der Waals surface area contributed by atoms with Crippen LogP contribution in [0.5, 0.6) is 0 Å². The van der Waals surface area contributed by atoms with Gasteiger partial charge >= 0.3 is 0 Å². The van der Waals surface area contributed by atoms with Gasteiger partial charge in [-0.25, -0.2) is 4.98 Å². The second-order valence-corrected chi connectivity index (χ2v) is 2.83. The summed E-state index contributed by atoms with van der Waals surface area (Å²) in [6, 6.07) is 3.42. The Hall–Kier alpha value is -1.55. The molecule has 0 bridgehead atoms.